The molecule has 0 amide bonds. The molecule has 23 heavy (non-hydrogen) atoms. The number of benzene rings is 2. The SMILES string of the molecule is COC(=O)c1ccccc1N1CCN[C@H](Cc2ccccc2)C1. The van der Waals surface area contributed by atoms with E-state index in [1.54, 1.807) is 0 Å². The van der Waals surface area contributed by atoms with Gasteiger partial charge in [0.15, 0.2) is 0 Å². The largest absolute Gasteiger partial charge is 0.465 e. The predicted octanol–water partition coefficient (Wildman–Crippen LogP) is 2.49. The minimum Gasteiger partial charge on any atom is -0.465 e. The van der Waals surface area contributed by atoms with Crippen LogP contribution in [0.4, 0.5) is 5.69 Å². The topological polar surface area (TPSA) is 41.6 Å². The van der Waals surface area contributed by atoms with Crippen molar-refractivity contribution in [2.24, 2.45) is 0 Å². The minimum atomic E-state index is -0.279. The molecule has 1 N–H and O–H groups in total. The van der Waals surface area contributed by atoms with E-state index in [1.807, 2.05) is 30.3 Å². The molecule has 3 rings (SSSR count). The van der Waals surface area contributed by atoms with Crippen molar-refractivity contribution >= 4 is 11.7 Å². The fraction of sp³-hybridized carbons (Fsp3) is 0.316. The molecule has 0 bridgehead atoms. The summed E-state index contributed by atoms with van der Waals surface area (Å²) in [6, 6.07) is 18.5. The van der Waals surface area contributed by atoms with Crippen molar-refractivity contribution in [2.75, 3.05) is 31.6 Å². The van der Waals surface area contributed by atoms with Gasteiger partial charge in [0, 0.05) is 25.7 Å². The Kier molecular flexibility index (Phi) is 4.93. The van der Waals surface area contributed by atoms with Crippen LogP contribution in [0.5, 0.6) is 0 Å². The number of rotatable bonds is 4. The molecule has 0 aliphatic carbocycles. The van der Waals surface area contributed by atoms with Crippen LogP contribution in [0.3, 0.4) is 0 Å². The van der Waals surface area contributed by atoms with Gasteiger partial charge in [-0.3, -0.25) is 0 Å². The van der Waals surface area contributed by atoms with Gasteiger partial charge in [-0.15, -0.1) is 0 Å². The quantitative estimate of drug-likeness (QED) is 0.881. The lowest BCUT2D eigenvalue weighted by atomic mass is 10.0. The summed E-state index contributed by atoms with van der Waals surface area (Å²) >= 11 is 0. The Bertz CT molecular complexity index is 657. The number of esters is 1. The first-order valence-corrected chi connectivity index (χ1v) is 7.97. The molecule has 4 heteroatoms. The van der Waals surface area contributed by atoms with Crippen molar-refractivity contribution in [2.45, 2.75) is 12.5 Å². The molecular weight excluding hydrogens is 288 g/mol. The van der Waals surface area contributed by atoms with E-state index >= 15 is 0 Å². The summed E-state index contributed by atoms with van der Waals surface area (Å²) in [5.74, 6) is -0.279. The molecule has 1 atom stereocenters. The highest BCUT2D eigenvalue weighted by Gasteiger charge is 2.23. The number of hydrogen-bond acceptors (Lipinski definition) is 4. The second-order valence-corrected chi connectivity index (χ2v) is 5.80. The van der Waals surface area contributed by atoms with Crippen LogP contribution in [0.25, 0.3) is 0 Å². The van der Waals surface area contributed by atoms with Crippen LogP contribution < -0.4 is 10.2 Å². The summed E-state index contributed by atoms with van der Waals surface area (Å²) in [6.45, 7) is 2.68. The monoisotopic (exact) mass is 310 g/mol. The van der Waals surface area contributed by atoms with Gasteiger partial charge in [0.2, 0.25) is 0 Å². The molecule has 4 nitrogen and oxygen atoms in total. The lowest BCUT2D eigenvalue weighted by Gasteiger charge is -2.36. The Morgan fingerprint density at radius 1 is 1.17 bits per heavy atom. The van der Waals surface area contributed by atoms with Crippen LogP contribution in [0.1, 0.15) is 15.9 Å². The normalized spacial score (nSPS) is 17.8. The highest BCUT2D eigenvalue weighted by atomic mass is 16.5. The van der Waals surface area contributed by atoms with Crippen LogP contribution in [0, 0.1) is 0 Å². The van der Waals surface area contributed by atoms with Crippen molar-refractivity contribution < 1.29 is 9.53 Å². The van der Waals surface area contributed by atoms with Gasteiger partial charge >= 0.3 is 5.97 Å². The van der Waals surface area contributed by atoms with Crippen molar-refractivity contribution in [1.29, 1.82) is 0 Å². The molecule has 0 unspecified atom stereocenters. The number of piperazine rings is 1. The zero-order chi connectivity index (χ0) is 16.1. The second-order valence-electron chi connectivity index (χ2n) is 5.80. The molecule has 0 radical (unpaired) electrons. The summed E-state index contributed by atoms with van der Waals surface area (Å²) in [4.78, 5) is 14.3. The number of nitrogens with zero attached hydrogens (tertiary/aromatic N) is 1. The summed E-state index contributed by atoms with van der Waals surface area (Å²) in [5.41, 5.74) is 2.92. The standard InChI is InChI=1S/C19H22N2O2/c1-23-19(22)17-9-5-6-10-18(17)21-12-11-20-16(14-21)13-15-7-3-2-4-8-15/h2-10,16,20H,11-14H2,1H3/t16-/m1/s1. The van der Waals surface area contributed by atoms with E-state index < -0.39 is 0 Å². The molecule has 1 fully saturated rings. The van der Waals surface area contributed by atoms with Crippen molar-refractivity contribution in [3.8, 4) is 0 Å². The van der Waals surface area contributed by atoms with Crippen molar-refractivity contribution in [1.82, 2.24) is 5.32 Å². The zero-order valence-corrected chi connectivity index (χ0v) is 13.4. The van der Waals surface area contributed by atoms with E-state index in [9.17, 15) is 4.79 Å². The Labute approximate surface area is 137 Å². The molecule has 0 spiro atoms. The maximum Gasteiger partial charge on any atom is 0.339 e. The van der Waals surface area contributed by atoms with Gasteiger partial charge in [0.05, 0.1) is 18.4 Å². The number of carbonyl (C=O) groups excluding carboxylic acids is 1. The predicted molar refractivity (Wildman–Crippen MR) is 91.9 cm³/mol. The maximum absolute atomic E-state index is 12.0. The Morgan fingerprint density at radius 3 is 2.70 bits per heavy atom. The van der Waals surface area contributed by atoms with E-state index in [0.717, 1.165) is 31.7 Å². The Morgan fingerprint density at radius 2 is 1.91 bits per heavy atom. The Hall–Kier alpha value is -2.33. The number of para-hydroxylation sites is 1. The van der Waals surface area contributed by atoms with Crippen molar-refractivity contribution in [3.05, 3.63) is 65.7 Å². The van der Waals surface area contributed by atoms with Crippen LogP contribution in [0.15, 0.2) is 54.6 Å². The molecule has 1 aliphatic rings. The number of nitrogens with one attached hydrogen (secondary N) is 1. The van der Waals surface area contributed by atoms with E-state index in [1.165, 1.54) is 12.7 Å². The molecule has 2 aromatic rings. The van der Waals surface area contributed by atoms with E-state index in [4.69, 9.17) is 4.74 Å². The van der Waals surface area contributed by atoms with Crippen LogP contribution >= 0.6 is 0 Å². The third-order valence-electron chi connectivity index (χ3n) is 4.23. The van der Waals surface area contributed by atoms with Gasteiger partial charge in [-0.2, -0.15) is 0 Å². The first-order valence-electron chi connectivity index (χ1n) is 7.97. The van der Waals surface area contributed by atoms with Crippen LogP contribution in [0.2, 0.25) is 0 Å². The molecule has 0 aromatic heterocycles. The number of anilines is 1. The van der Waals surface area contributed by atoms with Crippen LogP contribution in [-0.2, 0) is 11.2 Å². The fourth-order valence-electron chi connectivity index (χ4n) is 3.11. The molecular formula is C19H22N2O2. The summed E-state index contributed by atoms with van der Waals surface area (Å²) in [5, 5.41) is 3.57. The smallest absolute Gasteiger partial charge is 0.339 e. The van der Waals surface area contributed by atoms with Gasteiger partial charge in [0.25, 0.3) is 0 Å². The van der Waals surface area contributed by atoms with E-state index in [0.29, 0.717) is 11.6 Å². The molecule has 2 aromatic carbocycles. The second kappa shape index (κ2) is 7.29. The first kappa shape index (κ1) is 15.6. The number of methoxy groups -OCH3 is 1. The van der Waals surface area contributed by atoms with Crippen LogP contribution in [-0.4, -0.2) is 38.8 Å². The van der Waals surface area contributed by atoms with Gasteiger partial charge in [-0.05, 0) is 24.1 Å². The van der Waals surface area contributed by atoms with Gasteiger partial charge in [-0.1, -0.05) is 42.5 Å². The Balaban J connectivity index is 1.75. The number of hydrogen-bond donors (Lipinski definition) is 1. The fourth-order valence-corrected chi connectivity index (χ4v) is 3.11. The summed E-state index contributed by atoms with van der Waals surface area (Å²) < 4.78 is 4.91. The number of carbonyl (C=O) groups is 1. The summed E-state index contributed by atoms with van der Waals surface area (Å²) in [6.07, 6.45) is 0.984. The van der Waals surface area contributed by atoms with E-state index in [2.05, 4.69) is 34.5 Å². The zero-order valence-electron chi connectivity index (χ0n) is 13.4. The molecule has 1 saturated heterocycles. The van der Waals surface area contributed by atoms with Gasteiger partial charge < -0.3 is 15.0 Å². The molecule has 120 valence electrons. The average molecular weight is 310 g/mol. The number of ether oxygens (including phenoxy) is 1. The van der Waals surface area contributed by atoms with Gasteiger partial charge in [0.1, 0.15) is 0 Å². The molecule has 1 aliphatic heterocycles. The van der Waals surface area contributed by atoms with E-state index in [-0.39, 0.29) is 5.97 Å². The van der Waals surface area contributed by atoms with Crippen molar-refractivity contribution in [3.63, 3.8) is 0 Å². The minimum absolute atomic E-state index is 0.279. The first-order chi connectivity index (χ1) is 11.3. The maximum atomic E-state index is 12.0. The third-order valence-corrected chi connectivity index (χ3v) is 4.23. The lowest BCUT2D eigenvalue weighted by Crippen LogP contribution is -2.52. The third kappa shape index (κ3) is 3.71. The highest BCUT2D eigenvalue weighted by Crippen LogP contribution is 2.23. The molecule has 0 saturated carbocycles. The summed E-state index contributed by atoms with van der Waals surface area (Å²) in [7, 11) is 1.43. The van der Waals surface area contributed by atoms with Gasteiger partial charge in [-0.25, -0.2) is 4.79 Å². The lowest BCUT2D eigenvalue weighted by molar-refractivity contribution is 0.0601. The molecule has 1 heterocycles. The average Bonchev–Trinajstić information content (AvgIpc) is 2.62. The highest BCUT2D eigenvalue weighted by molar-refractivity contribution is 5.95.